The number of hydrogen-bond donors (Lipinski definition) is 2. The normalized spacial score (nSPS) is 19.2. The fraction of sp³-hybridized carbons (Fsp3) is 0.667. The molecule has 0 aliphatic carbocycles. The van der Waals surface area contributed by atoms with Crippen LogP contribution >= 0.6 is 0 Å². The van der Waals surface area contributed by atoms with Gasteiger partial charge in [-0.05, 0) is 19.3 Å². The maximum atomic E-state index is 5.65. The second-order valence-corrected chi connectivity index (χ2v) is 4.38. The molecule has 0 bridgehead atoms. The quantitative estimate of drug-likeness (QED) is 0.584. The van der Waals surface area contributed by atoms with E-state index in [1.54, 1.807) is 13.2 Å². The maximum Gasteiger partial charge on any atom is 0.218 e. The molecule has 1 saturated heterocycles. The standard InChI is InChI=1S/C12H20N4O3/c1-17-8-11-14-10(16-13)6-12(15-11)19-7-9-4-2-3-5-18-9/h6,9H,2-5,7-8,13H2,1H3,(H,14,15,16). The van der Waals surface area contributed by atoms with E-state index in [1.807, 2.05) is 0 Å². The minimum Gasteiger partial charge on any atom is -0.475 e. The molecule has 106 valence electrons. The van der Waals surface area contributed by atoms with Crippen LogP contribution in [0.5, 0.6) is 5.88 Å². The highest BCUT2D eigenvalue weighted by molar-refractivity contribution is 5.36. The van der Waals surface area contributed by atoms with Crippen LogP contribution < -0.4 is 16.0 Å². The van der Waals surface area contributed by atoms with Gasteiger partial charge in [0.05, 0.1) is 6.10 Å². The average Bonchev–Trinajstić information content (AvgIpc) is 2.46. The van der Waals surface area contributed by atoms with Gasteiger partial charge in [0.25, 0.3) is 0 Å². The third-order valence-corrected chi connectivity index (χ3v) is 2.86. The highest BCUT2D eigenvalue weighted by Gasteiger charge is 2.15. The number of nitrogens with zero attached hydrogens (tertiary/aromatic N) is 2. The molecular formula is C12H20N4O3. The van der Waals surface area contributed by atoms with Gasteiger partial charge in [0.15, 0.2) is 5.82 Å². The molecule has 0 amide bonds. The molecule has 3 N–H and O–H groups in total. The fourth-order valence-corrected chi connectivity index (χ4v) is 1.93. The molecule has 1 aliphatic rings. The topological polar surface area (TPSA) is 91.5 Å². The van der Waals surface area contributed by atoms with Crippen molar-refractivity contribution in [3.63, 3.8) is 0 Å². The second-order valence-electron chi connectivity index (χ2n) is 4.38. The van der Waals surface area contributed by atoms with Gasteiger partial charge in [0.1, 0.15) is 19.0 Å². The summed E-state index contributed by atoms with van der Waals surface area (Å²) in [5, 5.41) is 0. The molecule has 7 heteroatoms. The second kappa shape index (κ2) is 7.22. The third-order valence-electron chi connectivity index (χ3n) is 2.86. The molecule has 2 heterocycles. The van der Waals surface area contributed by atoms with Crippen LogP contribution in [0.2, 0.25) is 0 Å². The molecule has 1 aliphatic heterocycles. The van der Waals surface area contributed by atoms with Crippen molar-refractivity contribution in [2.45, 2.75) is 32.0 Å². The van der Waals surface area contributed by atoms with Gasteiger partial charge >= 0.3 is 0 Å². The number of rotatable bonds is 6. The first-order chi connectivity index (χ1) is 9.31. The molecule has 1 unspecified atom stereocenters. The van der Waals surface area contributed by atoms with Gasteiger partial charge in [-0.1, -0.05) is 0 Å². The van der Waals surface area contributed by atoms with Gasteiger partial charge in [-0.3, -0.25) is 0 Å². The van der Waals surface area contributed by atoms with E-state index >= 15 is 0 Å². The van der Waals surface area contributed by atoms with Gasteiger partial charge in [-0.15, -0.1) is 0 Å². The molecule has 7 nitrogen and oxygen atoms in total. The number of nitrogens with two attached hydrogens (primary N) is 1. The molecule has 1 fully saturated rings. The van der Waals surface area contributed by atoms with Crippen molar-refractivity contribution in [2.24, 2.45) is 5.84 Å². The van der Waals surface area contributed by atoms with E-state index < -0.39 is 0 Å². The van der Waals surface area contributed by atoms with Crippen LogP contribution in [0, 0.1) is 0 Å². The van der Waals surface area contributed by atoms with E-state index in [1.165, 1.54) is 6.42 Å². The Morgan fingerprint density at radius 2 is 2.37 bits per heavy atom. The van der Waals surface area contributed by atoms with E-state index in [2.05, 4.69) is 15.4 Å². The molecule has 1 aromatic rings. The SMILES string of the molecule is COCc1nc(NN)cc(OCC2CCCCO2)n1. The van der Waals surface area contributed by atoms with E-state index in [9.17, 15) is 0 Å². The number of ether oxygens (including phenoxy) is 3. The largest absolute Gasteiger partial charge is 0.475 e. The Hall–Kier alpha value is -1.44. The third kappa shape index (κ3) is 4.30. The predicted molar refractivity (Wildman–Crippen MR) is 69.6 cm³/mol. The first kappa shape index (κ1) is 14.0. The zero-order valence-corrected chi connectivity index (χ0v) is 11.1. The summed E-state index contributed by atoms with van der Waals surface area (Å²) in [6.45, 7) is 1.61. The van der Waals surface area contributed by atoms with Crippen LogP contribution in [0.25, 0.3) is 0 Å². The van der Waals surface area contributed by atoms with Crippen LogP contribution in [-0.2, 0) is 16.1 Å². The van der Waals surface area contributed by atoms with Crippen molar-refractivity contribution >= 4 is 5.82 Å². The zero-order valence-electron chi connectivity index (χ0n) is 11.1. The molecule has 0 aromatic carbocycles. The molecular weight excluding hydrogens is 248 g/mol. The van der Waals surface area contributed by atoms with Crippen LogP contribution in [0.1, 0.15) is 25.1 Å². The van der Waals surface area contributed by atoms with E-state index in [-0.39, 0.29) is 6.10 Å². The molecule has 1 atom stereocenters. The Balaban J connectivity index is 1.95. The summed E-state index contributed by atoms with van der Waals surface area (Å²) in [5.74, 6) is 6.86. The molecule has 2 rings (SSSR count). The Labute approximate surface area is 112 Å². The van der Waals surface area contributed by atoms with Crippen molar-refractivity contribution in [3.05, 3.63) is 11.9 Å². The number of nitrogens with one attached hydrogen (secondary N) is 1. The molecule has 1 aromatic heterocycles. The molecule has 0 saturated carbocycles. The van der Waals surface area contributed by atoms with Crippen molar-refractivity contribution in [3.8, 4) is 5.88 Å². The first-order valence-electron chi connectivity index (χ1n) is 6.39. The highest BCUT2D eigenvalue weighted by Crippen LogP contribution is 2.17. The minimum absolute atomic E-state index is 0.142. The van der Waals surface area contributed by atoms with Crippen LogP contribution in [0.15, 0.2) is 6.07 Å². The Morgan fingerprint density at radius 3 is 3.05 bits per heavy atom. The van der Waals surface area contributed by atoms with Gasteiger partial charge in [0.2, 0.25) is 5.88 Å². The van der Waals surface area contributed by atoms with Crippen molar-refractivity contribution in [2.75, 3.05) is 25.7 Å². The van der Waals surface area contributed by atoms with Gasteiger partial charge in [-0.2, -0.15) is 4.98 Å². The summed E-state index contributed by atoms with van der Waals surface area (Å²) in [5.41, 5.74) is 2.49. The zero-order chi connectivity index (χ0) is 13.5. The lowest BCUT2D eigenvalue weighted by atomic mass is 10.1. The number of methoxy groups -OCH3 is 1. The maximum absolute atomic E-state index is 5.65. The molecule has 0 radical (unpaired) electrons. The van der Waals surface area contributed by atoms with Gasteiger partial charge in [-0.25, -0.2) is 10.8 Å². The Morgan fingerprint density at radius 1 is 1.47 bits per heavy atom. The lowest BCUT2D eigenvalue weighted by Gasteiger charge is -2.22. The molecule has 0 spiro atoms. The highest BCUT2D eigenvalue weighted by atomic mass is 16.5. The summed E-state index contributed by atoms with van der Waals surface area (Å²) in [4.78, 5) is 8.40. The number of hydrogen-bond acceptors (Lipinski definition) is 7. The summed E-state index contributed by atoms with van der Waals surface area (Å²) >= 11 is 0. The number of anilines is 1. The lowest BCUT2D eigenvalue weighted by molar-refractivity contribution is -0.0120. The first-order valence-corrected chi connectivity index (χ1v) is 6.39. The van der Waals surface area contributed by atoms with Crippen molar-refractivity contribution < 1.29 is 14.2 Å². The van der Waals surface area contributed by atoms with Crippen LogP contribution in [0.3, 0.4) is 0 Å². The van der Waals surface area contributed by atoms with E-state index in [4.69, 9.17) is 20.1 Å². The number of nitrogen functional groups attached to an aromatic ring is 1. The van der Waals surface area contributed by atoms with Crippen LogP contribution in [0.4, 0.5) is 5.82 Å². The summed E-state index contributed by atoms with van der Waals surface area (Å²) in [6.07, 6.45) is 3.48. The summed E-state index contributed by atoms with van der Waals surface area (Å²) in [6, 6.07) is 1.65. The Bertz CT molecular complexity index is 397. The van der Waals surface area contributed by atoms with Crippen molar-refractivity contribution in [1.29, 1.82) is 0 Å². The van der Waals surface area contributed by atoms with E-state index in [0.29, 0.717) is 30.7 Å². The predicted octanol–water partition coefficient (Wildman–Crippen LogP) is 0.856. The molecule has 19 heavy (non-hydrogen) atoms. The average molecular weight is 268 g/mol. The number of aromatic nitrogens is 2. The smallest absolute Gasteiger partial charge is 0.218 e. The number of hydrazine groups is 1. The minimum atomic E-state index is 0.142. The van der Waals surface area contributed by atoms with Crippen molar-refractivity contribution in [1.82, 2.24) is 9.97 Å². The van der Waals surface area contributed by atoms with Gasteiger partial charge < -0.3 is 19.6 Å². The van der Waals surface area contributed by atoms with Gasteiger partial charge in [0, 0.05) is 19.8 Å². The summed E-state index contributed by atoms with van der Waals surface area (Å²) < 4.78 is 16.3. The summed E-state index contributed by atoms with van der Waals surface area (Å²) in [7, 11) is 1.59. The fourth-order valence-electron chi connectivity index (χ4n) is 1.93. The van der Waals surface area contributed by atoms with Crippen LogP contribution in [-0.4, -0.2) is 36.4 Å². The Kier molecular flexibility index (Phi) is 5.31. The van der Waals surface area contributed by atoms with E-state index in [0.717, 1.165) is 19.4 Å². The monoisotopic (exact) mass is 268 g/mol. The lowest BCUT2D eigenvalue weighted by Crippen LogP contribution is -2.26.